The number of halogens is 1. The Morgan fingerprint density at radius 3 is 2.72 bits per heavy atom. The molecule has 0 atom stereocenters. The number of anilines is 1. The molecule has 0 spiro atoms. The van der Waals surface area contributed by atoms with Crippen molar-refractivity contribution in [3.05, 3.63) is 65.5 Å². The summed E-state index contributed by atoms with van der Waals surface area (Å²) < 4.78 is 8.55. The van der Waals surface area contributed by atoms with Crippen LogP contribution >= 0.6 is 11.8 Å². The summed E-state index contributed by atoms with van der Waals surface area (Å²) in [5.41, 5.74) is 8.89. The summed E-state index contributed by atoms with van der Waals surface area (Å²) in [6, 6.07) is 11.8. The first-order valence-electron chi connectivity index (χ1n) is 11.8. The number of morpholine rings is 1. The zero-order chi connectivity index (χ0) is 25.7. The fourth-order valence-electron chi connectivity index (χ4n) is 4.15. The van der Waals surface area contributed by atoms with Gasteiger partial charge in [0.1, 0.15) is 5.82 Å². The molecule has 9 nitrogen and oxygen atoms in total. The number of nitrogens with zero attached hydrogens (tertiary/aromatic N) is 5. The minimum atomic E-state index is -0.426. The molecule has 2 amide bonds. The summed E-state index contributed by atoms with van der Waals surface area (Å²) in [4.78, 5) is 33.6. The first-order chi connectivity index (χ1) is 17.3. The van der Waals surface area contributed by atoms with E-state index in [9.17, 15) is 9.59 Å². The molecule has 0 aliphatic carbocycles. The zero-order valence-corrected chi connectivity index (χ0v) is 21.3. The van der Waals surface area contributed by atoms with E-state index in [1.807, 2.05) is 19.2 Å². The number of carbonyl (C=O) groups excluding carboxylic acids is 2. The number of hydrogen-bond donors (Lipinski definition) is 1. The van der Waals surface area contributed by atoms with E-state index in [0.717, 1.165) is 34.1 Å². The molecule has 0 bridgehead atoms. The topological polar surface area (TPSA) is 96.9 Å². The molecule has 36 heavy (non-hydrogen) atoms. The first-order valence-corrected chi connectivity index (χ1v) is 12.2. The van der Waals surface area contributed by atoms with E-state index in [1.165, 1.54) is 12.3 Å². The number of nitrogens with two attached hydrogens (primary N) is 1. The van der Waals surface area contributed by atoms with E-state index >= 15 is 0 Å². The summed E-state index contributed by atoms with van der Waals surface area (Å²) >= 11 is 6.26. The molecule has 3 aromatic rings. The second kappa shape index (κ2) is 11.6. The zero-order valence-electron chi connectivity index (χ0n) is 20.6. The van der Waals surface area contributed by atoms with Crippen LogP contribution in [0.2, 0.25) is 0 Å². The fraction of sp³-hybridized carbons (Fsp3) is 0.346. The Hall–Kier alpha value is -3.40. The second-order valence-electron chi connectivity index (χ2n) is 8.83. The number of carbonyl (C=O) groups is 2. The Morgan fingerprint density at radius 1 is 1.22 bits per heavy atom. The molecule has 10 heteroatoms. The predicted molar refractivity (Wildman–Crippen MR) is 141 cm³/mol. The summed E-state index contributed by atoms with van der Waals surface area (Å²) in [5, 5.41) is 1.13. The van der Waals surface area contributed by atoms with Crippen LogP contribution in [0.4, 0.5) is 5.82 Å². The molecule has 1 fully saturated rings. The number of aromatic nitrogens is 2. The molecule has 2 N–H and O–H groups in total. The Kier molecular flexibility index (Phi) is 8.25. The van der Waals surface area contributed by atoms with Gasteiger partial charge in [0.15, 0.2) is 0 Å². The number of hydrogen-bond acceptors (Lipinski definition) is 6. The van der Waals surface area contributed by atoms with Crippen molar-refractivity contribution >= 4 is 46.4 Å². The lowest BCUT2D eigenvalue weighted by Crippen LogP contribution is -2.40. The van der Waals surface area contributed by atoms with E-state index < -0.39 is 5.91 Å². The van der Waals surface area contributed by atoms with E-state index in [4.69, 9.17) is 22.2 Å². The van der Waals surface area contributed by atoms with Crippen molar-refractivity contribution in [2.45, 2.75) is 6.54 Å². The molecule has 3 heterocycles. The monoisotopic (exact) mass is 510 g/mol. The number of aryl methyl sites for hydroxylation is 1. The van der Waals surface area contributed by atoms with Gasteiger partial charge in [-0.25, -0.2) is 9.40 Å². The van der Waals surface area contributed by atoms with Crippen molar-refractivity contribution in [2.24, 2.45) is 7.05 Å². The van der Waals surface area contributed by atoms with Crippen LogP contribution in [0.25, 0.3) is 17.0 Å². The van der Waals surface area contributed by atoms with E-state index in [2.05, 4.69) is 32.7 Å². The maximum absolute atomic E-state index is 12.9. The molecule has 190 valence electrons. The van der Waals surface area contributed by atoms with Crippen molar-refractivity contribution < 1.29 is 14.3 Å². The largest absolute Gasteiger partial charge is 0.383 e. The van der Waals surface area contributed by atoms with Gasteiger partial charge in [0.2, 0.25) is 5.91 Å². The number of para-hydroxylation sites is 1. The molecule has 0 unspecified atom stereocenters. The summed E-state index contributed by atoms with van der Waals surface area (Å²) in [7, 11) is 3.74. The normalized spacial score (nSPS) is 14.4. The number of benzene rings is 1. The Labute approximate surface area is 215 Å². The van der Waals surface area contributed by atoms with Crippen LogP contribution in [0.5, 0.6) is 0 Å². The number of pyridine rings is 1. The first kappa shape index (κ1) is 25.7. The highest BCUT2D eigenvalue weighted by molar-refractivity contribution is 6.24. The van der Waals surface area contributed by atoms with E-state index in [0.29, 0.717) is 38.4 Å². The van der Waals surface area contributed by atoms with Crippen LogP contribution in [0.15, 0.2) is 48.7 Å². The molecule has 1 saturated heterocycles. The van der Waals surface area contributed by atoms with Crippen molar-refractivity contribution in [3.63, 3.8) is 0 Å². The molecule has 1 aliphatic heterocycles. The quantitative estimate of drug-likeness (QED) is 0.370. The van der Waals surface area contributed by atoms with Crippen molar-refractivity contribution in [1.82, 2.24) is 23.8 Å². The maximum atomic E-state index is 12.9. The Morgan fingerprint density at radius 2 is 1.97 bits per heavy atom. The van der Waals surface area contributed by atoms with Crippen LogP contribution in [0.1, 0.15) is 21.6 Å². The summed E-state index contributed by atoms with van der Waals surface area (Å²) in [6.45, 7) is 4.43. The van der Waals surface area contributed by atoms with Crippen LogP contribution in [0, 0.1) is 0 Å². The third-order valence-corrected chi connectivity index (χ3v) is 6.67. The summed E-state index contributed by atoms with van der Waals surface area (Å²) in [6.07, 6.45) is 4.60. The minimum absolute atomic E-state index is 0.0911. The van der Waals surface area contributed by atoms with Crippen molar-refractivity contribution in [3.8, 4) is 0 Å². The highest BCUT2D eigenvalue weighted by Crippen LogP contribution is 2.20. The number of nitrogen functional groups attached to an aromatic ring is 1. The second-order valence-corrected chi connectivity index (χ2v) is 9.24. The predicted octanol–water partition coefficient (Wildman–Crippen LogP) is 2.76. The minimum Gasteiger partial charge on any atom is -0.383 e. The molecular weight excluding hydrogens is 480 g/mol. The molecule has 0 radical (unpaired) electrons. The van der Waals surface area contributed by atoms with Crippen molar-refractivity contribution in [2.75, 3.05) is 52.2 Å². The Balaban J connectivity index is 1.38. The Bertz CT molecular complexity index is 1270. The number of amides is 2. The number of likely N-dealkylation sites (N-methyl/N-ethyl adjacent to an activating group) is 1. The van der Waals surface area contributed by atoms with Gasteiger partial charge in [0.25, 0.3) is 5.91 Å². The molecule has 1 aromatic carbocycles. The average Bonchev–Trinajstić information content (AvgIpc) is 3.21. The average molecular weight is 511 g/mol. The van der Waals surface area contributed by atoms with Gasteiger partial charge < -0.3 is 19.9 Å². The van der Waals surface area contributed by atoms with Gasteiger partial charge in [-0.15, -0.1) is 0 Å². The molecular formula is C26H31ClN6O3. The highest BCUT2D eigenvalue weighted by atomic mass is 35.5. The summed E-state index contributed by atoms with van der Waals surface area (Å²) in [5.74, 6) is -0.507. The molecule has 4 rings (SSSR count). The maximum Gasteiger partial charge on any atom is 0.272 e. The van der Waals surface area contributed by atoms with Crippen molar-refractivity contribution in [1.29, 1.82) is 0 Å². The van der Waals surface area contributed by atoms with Gasteiger partial charge in [-0.2, -0.15) is 0 Å². The lowest BCUT2D eigenvalue weighted by atomic mass is 10.1. The van der Waals surface area contributed by atoms with Gasteiger partial charge in [-0.05, 0) is 35.2 Å². The van der Waals surface area contributed by atoms with E-state index in [1.54, 1.807) is 24.1 Å². The van der Waals surface area contributed by atoms with Gasteiger partial charge >= 0.3 is 0 Å². The number of rotatable bonds is 8. The number of ether oxygens (including phenoxy) is 1. The fourth-order valence-corrected chi connectivity index (χ4v) is 4.32. The number of fused-ring (bicyclic) bond motifs is 1. The third-order valence-electron chi connectivity index (χ3n) is 6.35. The standard InChI is InChI=1S/C26H31ClN6O3/c1-30(18-21-16-20-5-3-4-6-23(20)31(21)2)24(34)8-7-19-15-22(25(28)29-17-19)26(35)33(27)10-9-32-11-13-36-14-12-32/h3-8,15-17H,9-14,18H2,1-2H3,(H2,28,29)/b8-7+. The van der Waals surface area contributed by atoms with Gasteiger partial charge in [0.05, 0.1) is 31.9 Å². The molecule has 1 aliphatic rings. The van der Waals surface area contributed by atoms with Gasteiger partial charge in [-0.1, -0.05) is 18.2 Å². The SMILES string of the molecule is CN(Cc1cc2ccccc2n1C)C(=O)/C=C/c1cnc(N)c(C(=O)N(Cl)CCN2CCOCC2)c1. The van der Waals surface area contributed by atoms with Crippen LogP contribution in [0.3, 0.4) is 0 Å². The lowest BCUT2D eigenvalue weighted by Gasteiger charge is -2.27. The van der Waals surface area contributed by atoms with Gasteiger partial charge in [0, 0.05) is 69.0 Å². The van der Waals surface area contributed by atoms with Crippen LogP contribution in [-0.2, 0) is 23.1 Å². The van der Waals surface area contributed by atoms with Gasteiger partial charge in [-0.3, -0.25) is 14.5 Å². The highest BCUT2D eigenvalue weighted by Gasteiger charge is 2.20. The third kappa shape index (κ3) is 6.04. The smallest absolute Gasteiger partial charge is 0.272 e. The van der Waals surface area contributed by atoms with Crippen LogP contribution in [-0.4, -0.2) is 82.0 Å². The molecule has 0 saturated carbocycles. The van der Waals surface area contributed by atoms with E-state index in [-0.39, 0.29) is 17.3 Å². The molecule has 2 aromatic heterocycles. The lowest BCUT2D eigenvalue weighted by molar-refractivity contribution is -0.125. The van der Waals surface area contributed by atoms with Crippen LogP contribution < -0.4 is 5.73 Å².